The molecule has 0 bridgehead atoms. The SMILES string of the molecule is CCOc1ccc(/C=C2\C=C(c3ccc(Cl)cc3)N(c3cccc(Cl)c3C)C2=O)cc1. The molecule has 1 aliphatic heterocycles. The van der Waals surface area contributed by atoms with Crippen molar-refractivity contribution in [3.8, 4) is 5.75 Å². The second-order valence-electron chi connectivity index (χ2n) is 7.16. The first-order valence-electron chi connectivity index (χ1n) is 9.99. The van der Waals surface area contributed by atoms with Crippen molar-refractivity contribution in [2.75, 3.05) is 11.5 Å². The van der Waals surface area contributed by atoms with Crippen LogP contribution < -0.4 is 9.64 Å². The van der Waals surface area contributed by atoms with Gasteiger partial charge in [0.1, 0.15) is 5.75 Å². The highest BCUT2D eigenvalue weighted by Crippen LogP contribution is 2.38. The molecular formula is C26H21Cl2NO2. The van der Waals surface area contributed by atoms with Gasteiger partial charge in [-0.05, 0) is 79.1 Å². The van der Waals surface area contributed by atoms with Gasteiger partial charge in [-0.25, -0.2) is 0 Å². The molecular weight excluding hydrogens is 429 g/mol. The molecule has 3 aromatic carbocycles. The Hall–Kier alpha value is -3.01. The standard InChI is InChI=1S/C26H21Cl2NO2/c1-3-31-22-13-7-18(8-14-22)15-20-16-25(19-9-11-21(27)12-10-19)29(26(20)30)24-6-4-5-23(28)17(24)2/h4-16H,3H2,1-2H3/b20-15+. The van der Waals surface area contributed by atoms with Crippen LogP contribution >= 0.6 is 23.2 Å². The fourth-order valence-electron chi connectivity index (χ4n) is 3.53. The number of hydrogen-bond acceptors (Lipinski definition) is 2. The number of carbonyl (C=O) groups is 1. The molecule has 0 aromatic heterocycles. The highest BCUT2D eigenvalue weighted by Gasteiger charge is 2.31. The van der Waals surface area contributed by atoms with Crippen LogP contribution in [0.25, 0.3) is 11.8 Å². The Bertz CT molecular complexity index is 1180. The average Bonchev–Trinajstić information content (AvgIpc) is 3.08. The molecule has 3 aromatic rings. The summed E-state index contributed by atoms with van der Waals surface area (Å²) in [5, 5.41) is 1.26. The Morgan fingerprint density at radius 3 is 2.35 bits per heavy atom. The Balaban J connectivity index is 1.79. The van der Waals surface area contributed by atoms with Gasteiger partial charge in [0.15, 0.2) is 0 Å². The number of rotatable bonds is 5. The monoisotopic (exact) mass is 449 g/mol. The van der Waals surface area contributed by atoms with E-state index in [0.29, 0.717) is 22.2 Å². The van der Waals surface area contributed by atoms with Gasteiger partial charge in [0, 0.05) is 15.6 Å². The van der Waals surface area contributed by atoms with Crippen LogP contribution in [0.1, 0.15) is 23.6 Å². The molecule has 0 radical (unpaired) electrons. The van der Waals surface area contributed by atoms with Crippen molar-refractivity contribution < 1.29 is 9.53 Å². The third-order valence-electron chi connectivity index (χ3n) is 5.12. The second kappa shape index (κ2) is 9.01. The number of halogens is 2. The van der Waals surface area contributed by atoms with Gasteiger partial charge in [0.25, 0.3) is 5.91 Å². The minimum Gasteiger partial charge on any atom is -0.494 e. The van der Waals surface area contributed by atoms with Crippen LogP contribution in [0.3, 0.4) is 0 Å². The molecule has 3 nitrogen and oxygen atoms in total. The Morgan fingerprint density at radius 2 is 1.68 bits per heavy atom. The van der Waals surface area contributed by atoms with Crippen LogP contribution in [0.4, 0.5) is 5.69 Å². The lowest BCUT2D eigenvalue weighted by Gasteiger charge is -2.23. The van der Waals surface area contributed by atoms with Crippen LogP contribution in [0.2, 0.25) is 10.0 Å². The molecule has 1 heterocycles. The van der Waals surface area contributed by atoms with Gasteiger partial charge in [-0.3, -0.25) is 9.69 Å². The quantitative estimate of drug-likeness (QED) is 0.386. The number of hydrogen-bond donors (Lipinski definition) is 0. The highest BCUT2D eigenvalue weighted by atomic mass is 35.5. The van der Waals surface area contributed by atoms with Gasteiger partial charge in [0.2, 0.25) is 0 Å². The third-order valence-corrected chi connectivity index (χ3v) is 5.78. The maximum atomic E-state index is 13.5. The summed E-state index contributed by atoms with van der Waals surface area (Å²) < 4.78 is 5.50. The van der Waals surface area contributed by atoms with Gasteiger partial charge < -0.3 is 4.74 Å². The number of amides is 1. The summed E-state index contributed by atoms with van der Waals surface area (Å²) in [6.45, 7) is 4.47. The lowest BCUT2D eigenvalue weighted by atomic mass is 10.1. The van der Waals surface area contributed by atoms with Crippen molar-refractivity contribution in [1.29, 1.82) is 0 Å². The van der Waals surface area contributed by atoms with E-state index in [1.54, 1.807) is 4.90 Å². The van der Waals surface area contributed by atoms with E-state index < -0.39 is 0 Å². The highest BCUT2D eigenvalue weighted by molar-refractivity contribution is 6.32. The van der Waals surface area contributed by atoms with Gasteiger partial charge in [-0.15, -0.1) is 0 Å². The molecule has 0 saturated heterocycles. The zero-order valence-electron chi connectivity index (χ0n) is 17.2. The van der Waals surface area contributed by atoms with Crippen molar-refractivity contribution in [2.45, 2.75) is 13.8 Å². The number of nitrogens with zero attached hydrogens (tertiary/aromatic N) is 1. The minimum atomic E-state index is -0.107. The second-order valence-corrected chi connectivity index (χ2v) is 8.01. The molecule has 0 atom stereocenters. The Kier molecular flexibility index (Phi) is 6.17. The van der Waals surface area contributed by atoms with Crippen LogP contribution in [-0.2, 0) is 4.79 Å². The van der Waals surface area contributed by atoms with E-state index in [2.05, 4.69) is 0 Å². The summed E-state index contributed by atoms with van der Waals surface area (Å²) in [6.07, 6.45) is 3.79. The topological polar surface area (TPSA) is 29.5 Å². The smallest absolute Gasteiger partial charge is 0.262 e. The summed E-state index contributed by atoms with van der Waals surface area (Å²) in [5.41, 5.74) is 4.79. The van der Waals surface area contributed by atoms with E-state index >= 15 is 0 Å². The van der Waals surface area contributed by atoms with Crippen molar-refractivity contribution in [3.05, 3.63) is 105 Å². The predicted octanol–water partition coefficient (Wildman–Crippen LogP) is 7.17. The van der Waals surface area contributed by atoms with Crippen molar-refractivity contribution in [1.82, 2.24) is 0 Å². The van der Waals surface area contributed by atoms with Crippen molar-refractivity contribution in [3.63, 3.8) is 0 Å². The zero-order valence-corrected chi connectivity index (χ0v) is 18.7. The zero-order chi connectivity index (χ0) is 22.0. The van der Waals surface area contributed by atoms with Crippen LogP contribution in [-0.4, -0.2) is 12.5 Å². The van der Waals surface area contributed by atoms with E-state index in [1.165, 1.54) is 0 Å². The maximum Gasteiger partial charge on any atom is 0.262 e. The van der Waals surface area contributed by atoms with Crippen LogP contribution in [0.15, 0.2) is 78.4 Å². The lowest BCUT2D eigenvalue weighted by molar-refractivity contribution is -0.113. The summed E-state index contributed by atoms with van der Waals surface area (Å²) in [4.78, 5) is 15.2. The molecule has 0 N–H and O–H groups in total. The van der Waals surface area contributed by atoms with Crippen LogP contribution in [0, 0.1) is 6.92 Å². The van der Waals surface area contributed by atoms with E-state index in [4.69, 9.17) is 27.9 Å². The predicted molar refractivity (Wildman–Crippen MR) is 129 cm³/mol. The fraction of sp³-hybridized carbons (Fsp3) is 0.115. The molecule has 156 valence electrons. The fourth-order valence-corrected chi connectivity index (χ4v) is 3.83. The van der Waals surface area contributed by atoms with E-state index in [1.807, 2.05) is 92.7 Å². The number of anilines is 1. The largest absolute Gasteiger partial charge is 0.494 e. The van der Waals surface area contributed by atoms with E-state index in [-0.39, 0.29) is 5.91 Å². The van der Waals surface area contributed by atoms with Crippen LogP contribution in [0.5, 0.6) is 5.75 Å². The summed E-state index contributed by atoms with van der Waals surface area (Å²) >= 11 is 12.4. The first-order valence-corrected chi connectivity index (χ1v) is 10.8. The molecule has 0 spiro atoms. The normalized spacial score (nSPS) is 14.8. The molecule has 0 aliphatic carbocycles. The number of benzene rings is 3. The molecule has 4 rings (SSSR count). The van der Waals surface area contributed by atoms with E-state index in [0.717, 1.165) is 33.8 Å². The summed E-state index contributed by atoms with van der Waals surface area (Å²) in [5.74, 6) is 0.695. The maximum absolute atomic E-state index is 13.5. The summed E-state index contributed by atoms with van der Waals surface area (Å²) in [6, 6.07) is 20.7. The van der Waals surface area contributed by atoms with Crippen molar-refractivity contribution in [2.24, 2.45) is 0 Å². The molecule has 0 saturated carbocycles. The van der Waals surface area contributed by atoms with Gasteiger partial charge in [-0.1, -0.05) is 53.5 Å². The van der Waals surface area contributed by atoms with Gasteiger partial charge in [0.05, 0.1) is 18.0 Å². The molecule has 5 heteroatoms. The minimum absolute atomic E-state index is 0.107. The first-order chi connectivity index (χ1) is 15.0. The Morgan fingerprint density at radius 1 is 0.968 bits per heavy atom. The lowest BCUT2D eigenvalue weighted by Crippen LogP contribution is -2.25. The third kappa shape index (κ3) is 4.39. The molecule has 0 unspecified atom stereocenters. The van der Waals surface area contributed by atoms with E-state index in [9.17, 15) is 4.79 Å². The number of carbonyl (C=O) groups excluding carboxylic acids is 1. The number of ether oxygens (including phenoxy) is 1. The molecule has 31 heavy (non-hydrogen) atoms. The first kappa shape index (κ1) is 21.2. The molecule has 1 amide bonds. The van der Waals surface area contributed by atoms with Crippen molar-refractivity contribution >= 4 is 46.6 Å². The molecule has 0 fully saturated rings. The van der Waals surface area contributed by atoms with Gasteiger partial charge >= 0.3 is 0 Å². The Labute approximate surface area is 192 Å². The summed E-state index contributed by atoms with van der Waals surface area (Å²) in [7, 11) is 0. The average molecular weight is 450 g/mol. The van der Waals surface area contributed by atoms with Gasteiger partial charge in [-0.2, -0.15) is 0 Å². The molecule has 1 aliphatic rings.